The van der Waals surface area contributed by atoms with E-state index in [2.05, 4.69) is 88.8 Å². The zero-order chi connectivity index (χ0) is 61.5. The first kappa shape index (κ1) is 63.6. The largest absolute Gasteiger partial charge is 0.467 e. The molecule has 0 aromatic rings. The molecule has 83 heavy (non-hydrogen) atoms. The number of methoxy groups -OCH3 is 1. The molecule has 2 amide bonds. The van der Waals surface area contributed by atoms with Crippen LogP contribution in [-0.2, 0) is 47.0 Å². The molecule has 2 saturated heterocycles. The Morgan fingerprint density at radius 1 is 0.759 bits per heavy atom. The van der Waals surface area contributed by atoms with E-state index in [9.17, 15) is 39.3 Å². The summed E-state index contributed by atoms with van der Waals surface area (Å²) in [5, 5.41) is 43.7. The van der Waals surface area contributed by atoms with Crippen LogP contribution >= 0.6 is 0 Å². The number of ketones is 2. The monoisotopic (exact) mass is 1190 g/mol. The zero-order valence-corrected chi connectivity index (χ0v) is 53.8. The summed E-state index contributed by atoms with van der Waals surface area (Å²) in [6.45, 7) is 30.2. The number of esters is 1. The Hall–Kier alpha value is -3.94. The number of ether oxygens (including phenoxy) is 3. The molecule has 460 valence electrons. The topological polar surface area (TPSA) is 248 Å². The molecule has 0 bridgehead atoms. The second-order valence-corrected chi connectivity index (χ2v) is 39.2. The van der Waals surface area contributed by atoms with E-state index < -0.39 is 121 Å². The van der Waals surface area contributed by atoms with Gasteiger partial charge in [-0.1, -0.05) is 92.0 Å². The van der Waals surface area contributed by atoms with Gasteiger partial charge < -0.3 is 38.4 Å². The van der Waals surface area contributed by atoms with Gasteiger partial charge in [0.2, 0.25) is 11.8 Å². The summed E-state index contributed by atoms with van der Waals surface area (Å²) in [6.07, 6.45) is 7.80. The molecule has 7 fully saturated rings. The molecule has 0 radical (unpaired) electrons. The number of carbonyl (C=O) groups excluding carboxylic acids is 5. The number of alkyl halides is 2. The van der Waals surface area contributed by atoms with Gasteiger partial charge in [0.15, 0.2) is 56.3 Å². The maximum Gasteiger partial charge on any atom is 0.338 e. The SMILES string of the molecule is CC[C@@H](C)[C@@]1(C(=O)CO[Si](C)(C)C(C)(C)C)O[C@]12C[C@@H]1CCC3=C/C(=N/NC(=O)CC(O)(CC(=O)N/N=C4\C=C[C@@]5(C)C(=C4)CC[C@H]4[C@@H]6C[C@@H](C)[C@@]7(C(=O)CO[Si](C)(C)C(C)(C)C)O[C@]67C[C@H](O)[C@@]45F)C(=O)OC)C=C[C@]3(C)[C@@]1(F)[C@@H](O)C2. The van der Waals surface area contributed by atoms with Gasteiger partial charge in [-0.05, 0) is 137 Å². The second-order valence-electron chi connectivity index (χ2n) is 29.5. The van der Waals surface area contributed by atoms with Crippen molar-refractivity contribution in [3.8, 4) is 0 Å². The van der Waals surface area contributed by atoms with E-state index in [4.69, 9.17) is 23.1 Å². The van der Waals surface area contributed by atoms with Gasteiger partial charge in [0.1, 0.15) is 11.2 Å². The number of Topliss-reactive ketones (excluding diaryl/α,β-unsaturated/α-hetero) is 2. The summed E-state index contributed by atoms with van der Waals surface area (Å²) in [6, 6.07) is 0. The fourth-order valence-corrected chi connectivity index (χ4v) is 17.8. The zero-order valence-electron chi connectivity index (χ0n) is 51.8. The number of fused-ring (bicyclic) bond motifs is 7. The number of nitrogens with zero attached hydrogens (tertiary/aromatic N) is 2. The van der Waals surface area contributed by atoms with E-state index in [1.54, 1.807) is 44.2 Å². The highest BCUT2D eigenvalue weighted by molar-refractivity contribution is 6.74. The van der Waals surface area contributed by atoms with Crippen molar-refractivity contribution in [2.24, 2.45) is 50.6 Å². The molecule has 1 unspecified atom stereocenters. The van der Waals surface area contributed by atoms with Crippen LogP contribution in [-0.4, -0.2) is 145 Å². The smallest absolute Gasteiger partial charge is 0.338 e. The minimum atomic E-state index is -2.66. The van der Waals surface area contributed by atoms with Gasteiger partial charge in [-0.3, -0.25) is 19.2 Å². The van der Waals surface area contributed by atoms with E-state index in [0.29, 0.717) is 49.7 Å². The maximum absolute atomic E-state index is 18.2. The third kappa shape index (κ3) is 9.41. The van der Waals surface area contributed by atoms with E-state index >= 15 is 8.78 Å². The van der Waals surface area contributed by atoms with Crippen LogP contribution in [0, 0.1) is 40.4 Å². The minimum Gasteiger partial charge on any atom is -0.467 e. The fourth-order valence-electron chi connectivity index (χ4n) is 16.0. The molecule has 21 heteroatoms. The summed E-state index contributed by atoms with van der Waals surface area (Å²) >= 11 is 0. The van der Waals surface area contributed by atoms with Gasteiger partial charge in [-0.15, -0.1) is 0 Å². The summed E-state index contributed by atoms with van der Waals surface area (Å²) in [5.74, 6) is -5.43. The molecular weight excluding hydrogens is 1100 g/mol. The van der Waals surface area contributed by atoms with E-state index in [1.165, 1.54) is 6.08 Å². The standard InChI is InChI=1S/C62H92F2N4O13Si2/c1-17-36(2)61(47(71)34-78-82(13,14)52(4,5)6)57(80-61)29-40-19-18-38-27-41(22-24-54(38,10)59(40,63)45(69)30-57)65-67-49(73)32-56(76,51(75)77-12)33-50(74)68-66-42-23-25-55(11)39(28-42)20-21-43-44-26-37(3)62(48(72)35-79-83(15,16)53(7,8)9)58(44,81-62)31-46(70)60(43,55)64/h22-25,27-28,36-37,40,43-46,69-70,76H,17-21,26,29-35H2,1-16H3,(H,67,73)(H,68,74)/b65-41+,66-42+/t36-,37-,40+,43+,44+,45+,46+,54+,55+,56?,57+,58-,59+,60+,61+,62+/m1/s1. The second kappa shape index (κ2) is 20.6. The van der Waals surface area contributed by atoms with Crippen LogP contribution in [0.5, 0.6) is 0 Å². The average Bonchev–Trinajstić information content (AvgIpc) is 1.50. The Labute approximate surface area is 490 Å². The normalized spacial score (nSPS) is 40.7. The van der Waals surface area contributed by atoms with Gasteiger partial charge in [0.25, 0.3) is 0 Å². The summed E-state index contributed by atoms with van der Waals surface area (Å²) in [7, 11) is -3.55. The lowest BCUT2D eigenvalue weighted by Crippen LogP contribution is -2.66. The van der Waals surface area contributed by atoms with Crippen LogP contribution in [0.3, 0.4) is 0 Å². The Bertz CT molecular complexity index is 2920. The van der Waals surface area contributed by atoms with Crippen molar-refractivity contribution in [3.05, 3.63) is 47.6 Å². The quantitative estimate of drug-likeness (QED) is 0.0396. The van der Waals surface area contributed by atoms with E-state index in [0.717, 1.165) is 7.11 Å². The van der Waals surface area contributed by atoms with Crippen molar-refractivity contribution in [1.82, 2.24) is 10.9 Å². The maximum atomic E-state index is 18.2. The van der Waals surface area contributed by atoms with Crippen molar-refractivity contribution < 1.29 is 71.1 Å². The van der Waals surface area contributed by atoms with Gasteiger partial charge in [-0.2, -0.15) is 10.2 Å². The third-order valence-corrected chi connectivity index (χ3v) is 32.2. The van der Waals surface area contributed by atoms with Crippen LogP contribution in [0.1, 0.15) is 147 Å². The number of hydrogen-bond acceptors (Lipinski definition) is 15. The highest BCUT2D eigenvalue weighted by atomic mass is 28.4. The number of carbonyl (C=O) groups is 5. The predicted molar refractivity (Wildman–Crippen MR) is 313 cm³/mol. The van der Waals surface area contributed by atoms with Crippen molar-refractivity contribution in [1.29, 1.82) is 0 Å². The molecule has 17 nitrogen and oxygen atoms in total. The molecule has 2 heterocycles. The van der Waals surface area contributed by atoms with Gasteiger partial charge in [-0.25, -0.2) is 24.4 Å². The number of halogens is 2. The number of amides is 2. The number of allylic oxidation sites excluding steroid dienone is 8. The first-order valence-electron chi connectivity index (χ1n) is 30.0. The minimum absolute atomic E-state index is 0.0382. The Kier molecular flexibility index (Phi) is 15.8. The van der Waals surface area contributed by atoms with E-state index in [1.807, 2.05) is 20.8 Å². The highest BCUT2D eigenvalue weighted by Gasteiger charge is 2.88. The molecular formula is C62H92F2N4O13Si2. The van der Waals surface area contributed by atoms with Crippen LogP contribution in [0.2, 0.25) is 36.3 Å². The number of hydrazone groups is 2. The van der Waals surface area contributed by atoms with Crippen molar-refractivity contribution in [2.45, 2.75) is 235 Å². The van der Waals surface area contributed by atoms with Gasteiger partial charge in [0.05, 0.1) is 56.8 Å². The Morgan fingerprint density at radius 3 is 1.76 bits per heavy atom. The molecule has 16 atom stereocenters. The highest BCUT2D eigenvalue weighted by Crippen LogP contribution is 2.76. The van der Waals surface area contributed by atoms with Crippen molar-refractivity contribution in [3.63, 3.8) is 0 Å². The Morgan fingerprint density at radius 2 is 1.25 bits per heavy atom. The molecule has 9 aliphatic rings. The number of aliphatic hydroxyl groups excluding tert-OH is 2. The fraction of sp³-hybridized carbons (Fsp3) is 0.758. The number of aliphatic hydroxyl groups is 3. The first-order valence-corrected chi connectivity index (χ1v) is 35.9. The number of hydrogen-bond donors (Lipinski definition) is 5. The molecule has 0 aromatic carbocycles. The van der Waals surface area contributed by atoms with Crippen LogP contribution in [0.15, 0.2) is 57.8 Å². The average molecular weight is 1200 g/mol. The number of nitrogens with one attached hydrogen (secondary N) is 2. The van der Waals surface area contributed by atoms with Crippen LogP contribution < -0.4 is 10.9 Å². The van der Waals surface area contributed by atoms with E-state index in [-0.39, 0.29) is 83.3 Å². The molecule has 2 spiro atoms. The number of epoxide rings is 2. The summed E-state index contributed by atoms with van der Waals surface area (Å²) in [4.78, 5) is 68.3. The third-order valence-electron chi connectivity index (χ3n) is 23.2. The number of rotatable bonds is 17. The predicted octanol–water partition coefficient (Wildman–Crippen LogP) is 8.68. The lowest BCUT2D eigenvalue weighted by Gasteiger charge is -2.59. The Balaban J connectivity index is 0.817. The van der Waals surface area contributed by atoms with Gasteiger partial charge in [0, 0.05) is 29.6 Å². The molecule has 5 N–H and O–H groups in total. The lowest BCUT2D eigenvalue weighted by atomic mass is 9.48. The summed E-state index contributed by atoms with van der Waals surface area (Å²) < 4.78 is 66.8. The molecule has 5 saturated carbocycles. The molecule has 9 rings (SSSR count). The van der Waals surface area contributed by atoms with Crippen LogP contribution in [0.4, 0.5) is 8.78 Å². The molecule has 7 aliphatic carbocycles. The van der Waals surface area contributed by atoms with Crippen molar-refractivity contribution in [2.75, 3.05) is 20.3 Å². The van der Waals surface area contributed by atoms with Crippen molar-refractivity contribution >= 4 is 57.4 Å². The van der Waals surface area contributed by atoms with Gasteiger partial charge >= 0.3 is 5.97 Å². The molecule has 2 aliphatic heterocycles. The summed E-state index contributed by atoms with van der Waals surface area (Å²) in [5.41, 5.74) is -7.34. The first-order chi connectivity index (χ1) is 38.2. The molecule has 0 aromatic heterocycles. The van der Waals surface area contributed by atoms with Crippen LogP contribution in [0.25, 0.3) is 0 Å². The lowest BCUT2D eigenvalue weighted by molar-refractivity contribution is -0.179.